The standard InChI is InChI=1S/C23H24N2O4S2/c1-17-9-13-21(14-10-17)31(28,29)25-15-5-7-19-11-12-20(16-22(19)25)24-30(26,27)23-8-4-3-6-18(23)2/h3-4,6,8-14,16,24H,5,7,15H2,1-2H3. The van der Waals surface area contributed by atoms with Crippen LogP contribution in [0, 0.1) is 13.8 Å². The summed E-state index contributed by atoms with van der Waals surface area (Å²) in [5, 5.41) is 0. The summed E-state index contributed by atoms with van der Waals surface area (Å²) in [6, 6.07) is 18.5. The number of fused-ring (bicyclic) bond motifs is 1. The van der Waals surface area contributed by atoms with E-state index in [1.807, 2.05) is 6.92 Å². The van der Waals surface area contributed by atoms with Crippen molar-refractivity contribution in [3.05, 3.63) is 83.4 Å². The van der Waals surface area contributed by atoms with E-state index in [1.165, 1.54) is 4.31 Å². The molecule has 1 heterocycles. The third kappa shape index (κ3) is 4.18. The van der Waals surface area contributed by atoms with Crippen molar-refractivity contribution in [3.8, 4) is 0 Å². The highest BCUT2D eigenvalue weighted by atomic mass is 32.2. The fraction of sp³-hybridized carbons (Fsp3) is 0.217. The van der Waals surface area contributed by atoms with Gasteiger partial charge >= 0.3 is 0 Å². The summed E-state index contributed by atoms with van der Waals surface area (Å²) in [4.78, 5) is 0.411. The molecular weight excluding hydrogens is 432 g/mol. The maximum Gasteiger partial charge on any atom is 0.264 e. The number of benzene rings is 3. The zero-order chi connectivity index (χ0) is 22.2. The molecule has 31 heavy (non-hydrogen) atoms. The van der Waals surface area contributed by atoms with Gasteiger partial charge in [-0.3, -0.25) is 9.03 Å². The Kier molecular flexibility index (Phi) is 5.53. The van der Waals surface area contributed by atoms with Crippen LogP contribution in [-0.4, -0.2) is 23.4 Å². The smallest absolute Gasteiger partial charge is 0.264 e. The molecule has 8 heteroatoms. The Balaban J connectivity index is 1.72. The molecule has 162 valence electrons. The van der Waals surface area contributed by atoms with E-state index in [-0.39, 0.29) is 9.79 Å². The van der Waals surface area contributed by atoms with Crippen LogP contribution >= 0.6 is 0 Å². The predicted octanol–water partition coefficient (Wildman–Crippen LogP) is 4.25. The summed E-state index contributed by atoms with van der Waals surface area (Å²) < 4.78 is 56.4. The molecule has 0 unspecified atom stereocenters. The Morgan fingerprint density at radius 3 is 2.29 bits per heavy atom. The number of hydrogen-bond donors (Lipinski definition) is 1. The van der Waals surface area contributed by atoms with Crippen molar-refractivity contribution in [3.63, 3.8) is 0 Å². The van der Waals surface area contributed by atoms with Gasteiger partial charge in [0.1, 0.15) is 0 Å². The van der Waals surface area contributed by atoms with Gasteiger partial charge in [-0.15, -0.1) is 0 Å². The molecule has 0 amide bonds. The molecule has 0 saturated heterocycles. The fourth-order valence-electron chi connectivity index (χ4n) is 3.76. The Hall–Kier alpha value is -2.84. The summed E-state index contributed by atoms with van der Waals surface area (Å²) >= 11 is 0. The van der Waals surface area contributed by atoms with E-state index in [2.05, 4.69) is 4.72 Å². The first-order valence-corrected chi connectivity index (χ1v) is 12.9. The van der Waals surface area contributed by atoms with Crippen molar-refractivity contribution in [1.82, 2.24) is 0 Å². The topological polar surface area (TPSA) is 83.6 Å². The van der Waals surface area contributed by atoms with Crippen LogP contribution < -0.4 is 9.03 Å². The number of aryl methyl sites for hydroxylation is 3. The molecule has 0 atom stereocenters. The second-order valence-electron chi connectivity index (χ2n) is 7.71. The molecule has 6 nitrogen and oxygen atoms in total. The van der Waals surface area contributed by atoms with Crippen LogP contribution in [0.15, 0.2) is 76.5 Å². The van der Waals surface area contributed by atoms with Crippen LogP contribution in [0.1, 0.15) is 23.1 Å². The summed E-state index contributed by atoms with van der Waals surface area (Å²) in [7, 11) is -7.55. The Labute approximate surface area is 183 Å². The van der Waals surface area contributed by atoms with Crippen molar-refractivity contribution in [2.24, 2.45) is 0 Å². The van der Waals surface area contributed by atoms with E-state index < -0.39 is 20.0 Å². The molecule has 1 N–H and O–H groups in total. The van der Waals surface area contributed by atoms with Crippen molar-refractivity contribution in [1.29, 1.82) is 0 Å². The average Bonchev–Trinajstić information content (AvgIpc) is 2.73. The van der Waals surface area contributed by atoms with Crippen LogP contribution in [0.25, 0.3) is 0 Å². The Morgan fingerprint density at radius 1 is 0.871 bits per heavy atom. The Bertz CT molecular complexity index is 1330. The predicted molar refractivity (Wildman–Crippen MR) is 122 cm³/mol. The normalized spacial score (nSPS) is 14.2. The lowest BCUT2D eigenvalue weighted by Gasteiger charge is -2.31. The van der Waals surface area contributed by atoms with Gasteiger partial charge in [0.2, 0.25) is 0 Å². The SMILES string of the molecule is Cc1ccc(S(=O)(=O)N2CCCc3ccc(NS(=O)(=O)c4ccccc4C)cc32)cc1. The highest BCUT2D eigenvalue weighted by molar-refractivity contribution is 7.93. The molecular formula is C23H24N2O4S2. The van der Waals surface area contributed by atoms with Crippen LogP contribution in [0.3, 0.4) is 0 Å². The monoisotopic (exact) mass is 456 g/mol. The Morgan fingerprint density at radius 2 is 1.58 bits per heavy atom. The van der Waals surface area contributed by atoms with E-state index in [0.29, 0.717) is 29.9 Å². The first kappa shape index (κ1) is 21.4. The van der Waals surface area contributed by atoms with Crippen molar-refractivity contribution in [2.75, 3.05) is 15.6 Å². The molecule has 0 spiro atoms. The summed E-state index contributed by atoms with van der Waals surface area (Å²) in [5.74, 6) is 0. The average molecular weight is 457 g/mol. The van der Waals surface area contributed by atoms with E-state index in [4.69, 9.17) is 0 Å². The number of anilines is 2. The van der Waals surface area contributed by atoms with Gasteiger partial charge in [-0.25, -0.2) is 16.8 Å². The molecule has 4 rings (SSSR count). The van der Waals surface area contributed by atoms with Gasteiger partial charge in [-0.05, 0) is 68.1 Å². The lowest BCUT2D eigenvalue weighted by atomic mass is 10.0. The summed E-state index contributed by atoms with van der Waals surface area (Å²) in [6.45, 7) is 3.98. The first-order chi connectivity index (χ1) is 14.7. The quantitative estimate of drug-likeness (QED) is 0.622. The zero-order valence-electron chi connectivity index (χ0n) is 17.4. The molecule has 0 fully saturated rings. The van der Waals surface area contributed by atoms with Gasteiger partial charge in [-0.1, -0.05) is 42.0 Å². The first-order valence-electron chi connectivity index (χ1n) is 9.99. The largest absolute Gasteiger partial charge is 0.280 e. The lowest BCUT2D eigenvalue weighted by molar-refractivity contribution is 0.586. The number of rotatable bonds is 5. The lowest BCUT2D eigenvalue weighted by Crippen LogP contribution is -2.35. The number of nitrogens with zero attached hydrogens (tertiary/aromatic N) is 1. The maximum absolute atomic E-state index is 13.3. The third-order valence-electron chi connectivity index (χ3n) is 5.41. The van der Waals surface area contributed by atoms with Crippen LogP contribution in [0.5, 0.6) is 0 Å². The van der Waals surface area contributed by atoms with Crippen LogP contribution in [0.4, 0.5) is 11.4 Å². The molecule has 3 aromatic carbocycles. The molecule has 0 aromatic heterocycles. The van der Waals surface area contributed by atoms with Gasteiger partial charge in [0.05, 0.1) is 21.2 Å². The minimum Gasteiger partial charge on any atom is -0.280 e. The van der Waals surface area contributed by atoms with E-state index in [1.54, 1.807) is 73.7 Å². The van der Waals surface area contributed by atoms with Crippen LogP contribution in [0.2, 0.25) is 0 Å². The highest BCUT2D eigenvalue weighted by Gasteiger charge is 2.29. The van der Waals surface area contributed by atoms with Gasteiger partial charge in [0.25, 0.3) is 20.0 Å². The summed E-state index contributed by atoms with van der Waals surface area (Å²) in [6.07, 6.45) is 1.44. The molecule has 1 aliphatic rings. The highest BCUT2D eigenvalue weighted by Crippen LogP contribution is 2.35. The second kappa shape index (κ2) is 8.01. The molecule has 0 bridgehead atoms. The zero-order valence-corrected chi connectivity index (χ0v) is 19.0. The van der Waals surface area contributed by atoms with E-state index in [9.17, 15) is 16.8 Å². The van der Waals surface area contributed by atoms with Crippen LogP contribution in [-0.2, 0) is 26.5 Å². The minimum atomic E-state index is -3.80. The van der Waals surface area contributed by atoms with Crippen molar-refractivity contribution >= 4 is 31.4 Å². The molecule has 1 aliphatic heterocycles. The minimum absolute atomic E-state index is 0.192. The van der Waals surface area contributed by atoms with Gasteiger partial charge in [0.15, 0.2) is 0 Å². The number of sulfonamides is 2. The second-order valence-corrected chi connectivity index (χ2v) is 11.2. The summed E-state index contributed by atoms with van der Waals surface area (Å²) in [5.41, 5.74) is 3.33. The van der Waals surface area contributed by atoms with Crippen molar-refractivity contribution in [2.45, 2.75) is 36.5 Å². The molecule has 0 saturated carbocycles. The molecule has 3 aromatic rings. The number of hydrogen-bond acceptors (Lipinski definition) is 4. The van der Waals surface area contributed by atoms with Gasteiger partial charge in [0, 0.05) is 6.54 Å². The van der Waals surface area contributed by atoms with E-state index in [0.717, 1.165) is 17.5 Å². The number of nitrogens with one attached hydrogen (secondary N) is 1. The third-order valence-corrected chi connectivity index (χ3v) is 8.77. The van der Waals surface area contributed by atoms with Crippen molar-refractivity contribution < 1.29 is 16.8 Å². The van der Waals surface area contributed by atoms with Gasteiger partial charge < -0.3 is 0 Å². The van der Waals surface area contributed by atoms with Gasteiger partial charge in [-0.2, -0.15) is 0 Å². The fourth-order valence-corrected chi connectivity index (χ4v) is 6.59. The van der Waals surface area contributed by atoms with E-state index >= 15 is 0 Å². The molecule has 0 radical (unpaired) electrons. The maximum atomic E-state index is 13.3. The molecule has 0 aliphatic carbocycles.